The predicted octanol–water partition coefficient (Wildman–Crippen LogP) is 3.63. The first-order valence-corrected chi connectivity index (χ1v) is 7.81. The zero-order valence-electron chi connectivity index (χ0n) is 13.0. The molecular weight excluding hydrogens is 256 g/mol. The highest BCUT2D eigenvalue weighted by Gasteiger charge is 2.18. The predicted molar refractivity (Wildman–Crippen MR) is 89.8 cm³/mol. The first-order chi connectivity index (χ1) is 10.2. The summed E-state index contributed by atoms with van der Waals surface area (Å²) in [5.41, 5.74) is 5.53. The maximum atomic E-state index is 2.55. The number of piperazine rings is 1. The van der Waals surface area contributed by atoms with Crippen LogP contribution < -0.4 is 4.90 Å². The minimum atomic E-state index is 1.07. The van der Waals surface area contributed by atoms with Gasteiger partial charge in [0.1, 0.15) is 0 Å². The van der Waals surface area contributed by atoms with Crippen molar-refractivity contribution in [1.82, 2.24) is 4.90 Å². The zero-order chi connectivity index (χ0) is 14.7. The minimum absolute atomic E-state index is 1.07. The Morgan fingerprint density at radius 3 is 2.14 bits per heavy atom. The van der Waals surface area contributed by atoms with E-state index in [0.717, 1.165) is 32.7 Å². The highest BCUT2D eigenvalue weighted by Crippen LogP contribution is 2.21. The molecule has 1 saturated heterocycles. The van der Waals surface area contributed by atoms with Gasteiger partial charge in [-0.1, -0.05) is 48.0 Å². The number of rotatable bonds is 3. The molecule has 0 bridgehead atoms. The van der Waals surface area contributed by atoms with Gasteiger partial charge in [-0.2, -0.15) is 0 Å². The van der Waals surface area contributed by atoms with Crippen molar-refractivity contribution in [1.29, 1.82) is 0 Å². The largest absolute Gasteiger partial charge is 0.369 e. The molecule has 0 amide bonds. The Kier molecular flexibility index (Phi) is 4.26. The summed E-state index contributed by atoms with van der Waals surface area (Å²) in [4.78, 5) is 5.07. The second kappa shape index (κ2) is 6.31. The van der Waals surface area contributed by atoms with Gasteiger partial charge < -0.3 is 4.90 Å². The molecule has 1 aliphatic rings. The molecule has 0 aliphatic carbocycles. The molecule has 2 nitrogen and oxygen atoms in total. The van der Waals surface area contributed by atoms with Gasteiger partial charge in [0, 0.05) is 38.4 Å². The van der Waals surface area contributed by atoms with Crippen LogP contribution in [0.25, 0.3) is 0 Å². The summed E-state index contributed by atoms with van der Waals surface area (Å²) in [6.07, 6.45) is 0. The van der Waals surface area contributed by atoms with Crippen molar-refractivity contribution in [3.63, 3.8) is 0 Å². The van der Waals surface area contributed by atoms with Crippen LogP contribution in [-0.4, -0.2) is 31.1 Å². The summed E-state index contributed by atoms with van der Waals surface area (Å²) < 4.78 is 0. The van der Waals surface area contributed by atoms with Gasteiger partial charge in [0.15, 0.2) is 0 Å². The maximum Gasteiger partial charge on any atom is 0.0396 e. The Balaban J connectivity index is 1.58. The van der Waals surface area contributed by atoms with Crippen LogP contribution in [0.4, 0.5) is 5.69 Å². The van der Waals surface area contributed by atoms with Gasteiger partial charge in [-0.15, -0.1) is 0 Å². The second-order valence-corrected chi connectivity index (χ2v) is 6.04. The molecule has 0 radical (unpaired) electrons. The standard InChI is InChI=1S/C19H24N2/c1-16-7-9-18(10-8-16)15-20-11-13-21(14-12-20)19-6-4-3-5-17(19)2/h3-10H,11-15H2,1-2H3. The first kappa shape index (κ1) is 14.2. The van der Waals surface area contributed by atoms with Gasteiger partial charge in [-0.25, -0.2) is 0 Å². The van der Waals surface area contributed by atoms with E-state index in [1.165, 1.54) is 22.4 Å². The normalized spacial score (nSPS) is 16.2. The third-order valence-corrected chi connectivity index (χ3v) is 4.36. The average molecular weight is 280 g/mol. The first-order valence-electron chi connectivity index (χ1n) is 7.81. The Bertz CT molecular complexity index is 581. The van der Waals surface area contributed by atoms with E-state index >= 15 is 0 Å². The van der Waals surface area contributed by atoms with Crippen LogP contribution in [0.2, 0.25) is 0 Å². The summed E-state index contributed by atoms with van der Waals surface area (Å²) >= 11 is 0. The Hall–Kier alpha value is -1.80. The van der Waals surface area contributed by atoms with Gasteiger partial charge in [-0.3, -0.25) is 4.90 Å². The molecule has 21 heavy (non-hydrogen) atoms. The number of aryl methyl sites for hydroxylation is 2. The second-order valence-electron chi connectivity index (χ2n) is 6.04. The molecule has 1 heterocycles. The summed E-state index contributed by atoms with van der Waals surface area (Å²) in [6.45, 7) is 9.94. The van der Waals surface area contributed by atoms with E-state index in [9.17, 15) is 0 Å². The lowest BCUT2D eigenvalue weighted by atomic mass is 10.1. The van der Waals surface area contributed by atoms with Crippen LogP contribution in [0.15, 0.2) is 48.5 Å². The topological polar surface area (TPSA) is 6.48 Å². The molecule has 1 aliphatic heterocycles. The molecule has 0 aromatic heterocycles. The molecule has 2 aromatic carbocycles. The van der Waals surface area contributed by atoms with Crippen molar-refractivity contribution in [3.8, 4) is 0 Å². The van der Waals surface area contributed by atoms with Crippen LogP contribution in [0.3, 0.4) is 0 Å². The molecule has 0 unspecified atom stereocenters. The number of nitrogens with zero attached hydrogens (tertiary/aromatic N) is 2. The van der Waals surface area contributed by atoms with E-state index < -0.39 is 0 Å². The molecule has 1 fully saturated rings. The third kappa shape index (κ3) is 3.45. The minimum Gasteiger partial charge on any atom is -0.369 e. The summed E-state index contributed by atoms with van der Waals surface area (Å²) in [7, 11) is 0. The maximum absolute atomic E-state index is 2.55. The Morgan fingerprint density at radius 1 is 0.810 bits per heavy atom. The van der Waals surface area contributed by atoms with E-state index in [-0.39, 0.29) is 0 Å². The van der Waals surface area contributed by atoms with E-state index in [1.54, 1.807) is 0 Å². The van der Waals surface area contributed by atoms with Crippen LogP contribution >= 0.6 is 0 Å². The number of hydrogen-bond acceptors (Lipinski definition) is 2. The lowest BCUT2D eigenvalue weighted by Crippen LogP contribution is -2.46. The molecule has 3 rings (SSSR count). The molecular formula is C19H24N2. The molecule has 0 atom stereocenters. The fraction of sp³-hybridized carbons (Fsp3) is 0.368. The monoisotopic (exact) mass is 280 g/mol. The molecule has 2 heteroatoms. The van der Waals surface area contributed by atoms with Crippen LogP contribution in [0, 0.1) is 13.8 Å². The third-order valence-electron chi connectivity index (χ3n) is 4.36. The highest BCUT2D eigenvalue weighted by molar-refractivity contribution is 5.53. The molecule has 0 spiro atoms. The lowest BCUT2D eigenvalue weighted by Gasteiger charge is -2.36. The number of benzene rings is 2. The molecule has 110 valence electrons. The summed E-state index contributed by atoms with van der Waals surface area (Å²) in [6, 6.07) is 17.6. The average Bonchev–Trinajstić information content (AvgIpc) is 2.51. The van der Waals surface area contributed by atoms with E-state index in [2.05, 4.69) is 72.2 Å². The van der Waals surface area contributed by atoms with Gasteiger partial charge in [0.2, 0.25) is 0 Å². The number of anilines is 1. The van der Waals surface area contributed by atoms with Crippen molar-refractivity contribution in [3.05, 3.63) is 65.2 Å². The Morgan fingerprint density at radius 2 is 1.48 bits per heavy atom. The van der Waals surface area contributed by atoms with Gasteiger partial charge in [0.25, 0.3) is 0 Å². The summed E-state index contributed by atoms with van der Waals surface area (Å²) in [5.74, 6) is 0. The van der Waals surface area contributed by atoms with Crippen molar-refractivity contribution in [2.75, 3.05) is 31.1 Å². The fourth-order valence-corrected chi connectivity index (χ4v) is 3.02. The van der Waals surface area contributed by atoms with Crippen molar-refractivity contribution < 1.29 is 0 Å². The van der Waals surface area contributed by atoms with Crippen molar-refractivity contribution >= 4 is 5.69 Å². The van der Waals surface area contributed by atoms with Gasteiger partial charge >= 0.3 is 0 Å². The highest BCUT2D eigenvalue weighted by atomic mass is 15.3. The van der Waals surface area contributed by atoms with E-state index in [0.29, 0.717) is 0 Å². The van der Waals surface area contributed by atoms with Crippen molar-refractivity contribution in [2.45, 2.75) is 20.4 Å². The van der Waals surface area contributed by atoms with Gasteiger partial charge in [0.05, 0.1) is 0 Å². The Labute approximate surface area is 128 Å². The lowest BCUT2D eigenvalue weighted by molar-refractivity contribution is 0.250. The molecule has 2 aromatic rings. The van der Waals surface area contributed by atoms with Crippen molar-refractivity contribution in [2.24, 2.45) is 0 Å². The molecule has 0 N–H and O–H groups in total. The van der Waals surface area contributed by atoms with E-state index in [1.807, 2.05) is 0 Å². The van der Waals surface area contributed by atoms with Crippen LogP contribution in [0.1, 0.15) is 16.7 Å². The van der Waals surface area contributed by atoms with Crippen LogP contribution in [-0.2, 0) is 6.54 Å². The molecule has 0 saturated carbocycles. The number of hydrogen-bond donors (Lipinski definition) is 0. The van der Waals surface area contributed by atoms with Gasteiger partial charge in [-0.05, 0) is 31.0 Å². The van der Waals surface area contributed by atoms with Crippen LogP contribution in [0.5, 0.6) is 0 Å². The fourth-order valence-electron chi connectivity index (χ4n) is 3.02. The van der Waals surface area contributed by atoms with E-state index in [4.69, 9.17) is 0 Å². The summed E-state index contributed by atoms with van der Waals surface area (Å²) in [5, 5.41) is 0. The zero-order valence-corrected chi connectivity index (χ0v) is 13.0. The quantitative estimate of drug-likeness (QED) is 0.847. The smallest absolute Gasteiger partial charge is 0.0396 e. The SMILES string of the molecule is Cc1ccc(CN2CCN(c3ccccc3C)CC2)cc1. The number of para-hydroxylation sites is 1.